The molecule has 0 aliphatic carbocycles. The Morgan fingerprint density at radius 2 is 1.97 bits per heavy atom. The van der Waals surface area contributed by atoms with Crippen molar-refractivity contribution in [3.05, 3.63) is 71.1 Å². The molecular weight excluding hydrogens is 458 g/mol. The number of benzene rings is 2. The summed E-state index contributed by atoms with van der Waals surface area (Å²) < 4.78 is 4.17. The summed E-state index contributed by atoms with van der Waals surface area (Å²) in [6.07, 6.45) is 2.99. The molecule has 2 aliphatic rings. The van der Waals surface area contributed by atoms with Gasteiger partial charge >= 0.3 is 0 Å². The van der Waals surface area contributed by atoms with Gasteiger partial charge in [0, 0.05) is 30.9 Å². The average molecular weight is 484 g/mol. The van der Waals surface area contributed by atoms with Gasteiger partial charge in [0.25, 0.3) is 0 Å². The van der Waals surface area contributed by atoms with E-state index in [4.69, 9.17) is 16.9 Å². The van der Waals surface area contributed by atoms with Crippen molar-refractivity contribution in [2.75, 3.05) is 38.6 Å². The van der Waals surface area contributed by atoms with Crippen molar-refractivity contribution in [1.29, 1.82) is 5.26 Å². The molecular formula is C27H26ClN7. The minimum absolute atomic E-state index is 0.626. The normalized spacial score (nSPS) is 16.5. The van der Waals surface area contributed by atoms with E-state index in [-0.39, 0.29) is 0 Å². The third-order valence-corrected chi connectivity index (χ3v) is 7.47. The lowest BCUT2D eigenvalue weighted by atomic mass is 10.1. The number of fused-ring (bicyclic) bond motifs is 5. The Balaban J connectivity index is 1.40. The van der Waals surface area contributed by atoms with Crippen molar-refractivity contribution in [3.63, 3.8) is 0 Å². The summed E-state index contributed by atoms with van der Waals surface area (Å²) in [7, 11) is 4.29. The molecule has 176 valence electrons. The minimum atomic E-state index is 0.626. The third kappa shape index (κ3) is 3.79. The van der Waals surface area contributed by atoms with Gasteiger partial charge in [0.05, 0.1) is 29.6 Å². The first-order valence-corrected chi connectivity index (χ1v) is 12.2. The zero-order chi connectivity index (χ0) is 24.1. The number of nitriles is 1. The van der Waals surface area contributed by atoms with Crippen molar-refractivity contribution < 1.29 is 0 Å². The maximum Gasteiger partial charge on any atom is 0.185 e. The minimum Gasteiger partial charge on any atom is -0.371 e. The molecule has 0 amide bonds. The summed E-state index contributed by atoms with van der Waals surface area (Å²) in [4.78, 5) is 4.77. The molecule has 4 aromatic rings. The summed E-state index contributed by atoms with van der Waals surface area (Å²) in [5.74, 6) is 1.46. The summed E-state index contributed by atoms with van der Waals surface area (Å²) in [6.45, 7) is 3.92. The Hall–Kier alpha value is -3.60. The standard InChI is InChI=1S/C27H26ClN7/c1-32(2)14-19-9-10-33(15-19)22-7-8-24-21(11-22)16-34-25(27-31-30-17-35(24)27)12-23(26(34)28)20-5-3-18(13-29)4-6-20/h3-8,11-12,17,19H,9-10,14-16H2,1-2H3/t19-/m0/s1. The van der Waals surface area contributed by atoms with Gasteiger partial charge in [-0.15, -0.1) is 10.2 Å². The van der Waals surface area contributed by atoms with E-state index in [0.29, 0.717) is 23.2 Å². The fourth-order valence-electron chi connectivity index (χ4n) is 5.41. The lowest BCUT2D eigenvalue weighted by Gasteiger charge is -2.22. The number of anilines is 1. The highest BCUT2D eigenvalue weighted by atomic mass is 35.5. The molecule has 1 saturated heterocycles. The zero-order valence-corrected chi connectivity index (χ0v) is 20.6. The first-order valence-electron chi connectivity index (χ1n) is 11.8. The van der Waals surface area contributed by atoms with Gasteiger partial charge in [-0.3, -0.25) is 4.57 Å². The van der Waals surface area contributed by atoms with Crippen LogP contribution in [0.4, 0.5) is 5.69 Å². The van der Waals surface area contributed by atoms with Gasteiger partial charge in [-0.25, -0.2) is 0 Å². The molecule has 35 heavy (non-hydrogen) atoms. The molecule has 6 rings (SSSR count). The third-order valence-electron chi connectivity index (χ3n) is 7.06. The molecule has 8 heteroatoms. The highest BCUT2D eigenvalue weighted by molar-refractivity contribution is 6.32. The number of hydrogen-bond donors (Lipinski definition) is 0. The van der Waals surface area contributed by atoms with E-state index in [1.54, 1.807) is 6.33 Å². The molecule has 0 unspecified atom stereocenters. The van der Waals surface area contributed by atoms with Crippen LogP contribution in [0.3, 0.4) is 0 Å². The highest BCUT2D eigenvalue weighted by Crippen LogP contribution is 2.40. The van der Waals surface area contributed by atoms with Gasteiger partial charge in [0.2, 0.25) is 0 Å². The van der Waals surface area contributed by atoms with Crippen LogP contribution in [0.5, 0.6) is 0 Å². The number of halogens is 1. The van der Waals surface area contributed by atoms with Crippen molar-refractivity contribution in [1.82, 2.24) is 24.2 Å². The predicted molar refractivity (Wildman–Crippen MR) is 138 cm³/mol. The van der Waals surface area contributed by atoms with Crippen molar-refractivity contribution in [2.24, 2.45) is 5.92 Å². The number of hydrogen-bond acceptors (Lipinski definition) is 5. The molecule has 7 nitrogen and oxygen atoms in total. The second kappa shape index (κ2) is 8.56. The topological polar surface area (TPSA) is 65.9 Å². The lowest BCUT2D eigenvalue weighted by molar-refractivity contribution is 0.340. The van der Waals surface area contributed by atoms with E-state index in [0.717, 1.165) is 48.0 Å². The fourth-order valence-corrected chi connectivity index (χ4v) is 5.73. The molecule has 0 N–H and O–H groups in total. The smallest absolute Gasteiger partial charge is 0.185 e. The average Bonchev–Trinajstić information content (AvgIpc) is 3.57. The molecule has 2 aromatic carbocycles. The lowest BCUT2D eigenvalue weighted by Crippen LogP contribution is -2.25. The van der Waals surface area contributed by atoms with Crippen LogP contribution in [-0.2, 0) is 6.54 Å². The molecule has 0 radical (unpaired) electrons. The van der Waals surface area contributed by atoms with E-state index < -0.39 is 0 Å². The number of nitrogens with zero attached hydrogens (tertiary/aromatic N) is 7. The Labute approximate surface area is 209 Å². The molecule has 2 aromatic heterocycles. The monoisotopic (exact) mass is 483 g/mol. The van der Waals surface area contributed by atoms with Crippen LogP contribution in [-0.4, -0.2) is 58.0 Å². The Bertz CT molecular complexity index is 1440. The van der Waals surface area contributed by atoms with Crippen LogP contribution >= 0.6 is 11.6 Å². The van der Waals surface area contributed by atoms with E-state index in [1.165, 1.54) is 17.7 Å². The van der Waals surface area contributed by atoms with Crippen LogP contribution in [0.25, 0.3) is 28.3 Å². The van der Waals surface area contributed by atoms with Crippen molar-refractivity contribution >= 4 is 17.3 Å². The van der Waals surface area contributed by atoms with Gasteiger partial charge in [-0.05, 0) is 74.0 Å². The molecule has 1 atom stereocenters. The summed E-state index contributed by atoms with van der Waals surface area (Å²) in [5, 5.41) is 18.5. The van der Waals surface area contributed by atoms with E-state index >= 15 is 0 Å². The zero-order valence-electron chi connectivity index (χ0n) is 19.8. The van der Waals surface area contributed by atoms with Crippen LogP contribution in [0.1, 0.15) is 17.5 Å². The van der Waals surface area contributed by atoms with Crippen molar-refractivity contribution in [3.8, 4) is 34.4 Å². The van der Waals surface area contributed by atoms with E-state index in [1.807, 2.05) is 24.3 Å². The molecule has 1 fully saturated rings. The van der Waals surface area contributed by atoms with Crippen LogP contribution < -0.4 is 4.90 Å². The molecule has 2 aliphatic heterocycles. The maximum atomic E-state index is 9.15. The molecule has 0 spiro atoms. The Kier molecular flexibility index (Phi) is 5.36. The maximum absolute atomic E-state index is 9.15. The van der Waals surface area contributed by atoms with Gasteiger partial charge in [0.15, 0.2) is 5.82 Å². The molecule has 0 saturated carbocycles. The van der Waals surface area contributed by atoms with Crippen LogP contribution in [0.15, 0.2) is 54.9 Å². The van der Waals surface area contributed by atoms with Crippen LogP contribution in [0.2, 0.25) is 5.15 Å². The second-order valence-corrected chi connectivity index (χ2v) is 10.1. The highest BCUT2D eigenvalue weighted by Gasteiger charge is 2.27. The Morgan fingerprint density at radius 1 is 1.14 bits per heavy atom. The predicted octanol–water partition coefficient (Wildman–Crippen LogP) is 4.68. The van der Waals surface area contributed by atoms with E-state index in [9.17, 15) is 0 Å². The molecule has 0 bridgehead atoms. The first kappa shape index (κ1) is 21.9. The molecule has 4 heterocycles. The van der Waals surface area contributed by atoms with Gasteiger partial charge in [-0.2, -0.15) is 5.26 Å². The van der Waals surface area contributed by atoms with Crippen LogP contribution in [0, 0.1) is 17.2 Å². The number of rotatable bonds is 4. The summed E-state index contributed by atoms with van der Waals surface area (Å²) >= 11 is 6.98. The fraction of sp³-hybridized carbons (Fsp3) is 0.296. The number of aromatic nitrogens is 4. The van der Waals surface area contributed by atoms with E-state index in [2.05, 4.69) is 73.6 Å². The first-order chi connectivity index (χ1) is 17.0. The Morgan fingerprint density at radius 3 is 2.74 bits per heavy atom. The van der Waals surface area contributed by atoms with Gasteiger partial charge in [0.1, 0.15) is 11.5 Å². The SMILES string of the molecule is CN(C)C[C@@H]1CCN(c2ccc3c(c2)Cn2c(cc(-c4ccc(C#N)cc4)c2Cl)-c2nncn2-3)C1. The van der Waals surface area contributed by atoms with Crippen molar-refractivity contribution in [2.45, 2.75) is 13.0 Å². The summed E-state index contributed by atoms with van der Waals surface area (Å²) in [5.41, 5.74) is 6.96. The van der Waals surface area contributed by atoms with Gasteiger partial charge < -0.3 is 14.4 Å². The quantitative estimate of drug-likeness (QED) is 0.371. The summed E-state index contributed by atoms with van der Waals surface area (Å²) in [6, 6.07) is 18.4. The second-order valence-electron chi connectivity index (χ2n) is 9.71. The van der Waals surface area contributed by atoms with Gasteiger partial charge in [-0.1, -0.05) is 23.7 Å². The largest absolute Gasteiger partial charge is 0.371 e.